The van der Waals surface area contributed by atoms with Gasteiger partial charge in [0.15, 0.2) is 11.5 Å². The van der Waals surface area contributed by atoms with E-state index in [0.29, 0.717) is 27.7 Å². The van der Waals surface area contributed by atoms with E-state index in [4.69, 9.17) is 21.1 Å². The van der Waals surface area contributed by atoms with Crippen LogP contribution in [0.1, 0.15) is 11.1 Å². The quantitative estimate of drug-likeness (QED) is 0.581. The summed E-state index contributed by atoms with van der Waals surface area (Å²) in [5.41, 5.74) is 2.06. The molecule has 0 fully saturated rings. The van der Waals surface area contributed by atoms with Gasteiger partial charge in [-0.1, -0.05) is 66.2 Å². The molecule has 4 heteroatoms. The molecule has 0 unspecified atom stereocenters. The molecular formula is C22H15ClO3. The number of hydrogen-bond acceptors (Lipinski definition) is 3. The zero-order chi connectivity index (χ0) is 18.1. The molecule has 1 aliphatic heterocycles. The van der Waals surface area contributed by atoms with Gasteiger partial charge in [-0.2, -0.15) is 0 Å². The summed E-state index contributed by atoms with van der Waals surface area (Å²) in [6.45, 7) is 0. The Morgan fingerprint density at radius 1 is 0.962 bits per heavy atom. The Labute approximate surface area is 156 Å². The molecule has 3 aromatic carbocycles. The highest BCUT2D eigenvalue weighted by Gasteiger charge is 2.32. The number of rotatable bonds is 3. The summed E-state index contributed by atoms with van der Waals surface area (Å²) in [6, 6.07) is 21.1. The van der Waals surface area contributed by atoms with E-state index >= 15 is 0 Å². The lowest BCUT2D eigenvalue weighted by atomic mass is 10.0. The van der Waals surface area contributed by atoms with Gasteiger partial charge in [-0.25, -0.2) is 4.79 Å². The van der Waals surface area contributed by atoms with Crippen molar-refractivity contribution in [2.24, 2.45) is 0 Å². The summed E-state index contributed by atoms with van der Waals surface area (Å²) in [5, 5.41) is 2.80. The maximum atomic E-state index is 12.5. The minimum atomic E-state index is -0.435. The average Bonchev–Trinajstić information content (AvgIpc) is 2.98. The highest BCUT2D eigenvalue weighted by Crippen LogP contribution is 2.35. The second-order valence-corrected chi connectivity index (χ2v) is 6.32. The molecule has 4 rings (SSSR count). The third-order valence-corrected chi connectivity index (χ3v) is 4.56. The maximum absolute atomic E-state index is 12.5. The number of halogens is 1. The Kier molecular flexibility index (Phi) is 4.23. The van der Waals surface area contributed by atoms with Crippen LogP contribution in [0.5, 0.6) is 0 Å². The van der Waals surface area contributed by atoms with Gasteiger partial charge in [0, 0.05) is 5.02 Å². The number of carbonyl (C=O) groups is 1. The van der Waals surface area contributed by atoms with Crippen LogP contribution in [-0.2, 0) is 14.3 Å². The van der Waals surface area contributed by atoms with E-state index in [1.54, 1.807) is 24.3 Å². The third kappa shape index (κ3) is 2.87. The number of methoxy groups -OCH3 is 1. The summed E-state index contributed by atoms with van der Waals surface area (Å²) in [5.74, 6) is 0.389. The Bertz CT molecular complexity index is 1060. The van der Waals surface area contributed by atoms with E-state index in [9.17, 15) is 4.79 Å². The van der Waals surface area contributed by atoms with E-state index in [2.05, 4.69) is 0 Å². The summed E-state index contributed by atoms with van der Waals surface area (Å²) < 4.78 is 11.0. The molecule has 0 aromatic heterocycles. The van der Waals surface area contributed by atoms with Gasteiger partial charge in [-0.05, 0) is 40.1 Å². The predicted octanol–water partition coefficient (Wildman–Crippen LogP) is 5.45. The highest BCUT2D eigenvalue weighted by molar-refractivity contribution is 6.30. The lowest BCUT2D eigenvalue weighted by Gasteiger charge is -2.06. The first-order valence-electron chi connectivity index (χ1n) is 8.13. The van der Waals surface area contributed by atoms with Crippen molar-refractivity contribution in [3.05, 3.63) is 94.4 Å². The smallest absolute Gasteiger partial charge is 0.348 e. The first-order valence-corrected chi connectivity index (χ1v) is 8.51. The van der Waals surface area contributed by atoms with Gasteiger partial charge < -0.3 is 9.47 Å². The van der Waals surface area contributed by atoms with Crippen molar-refractivity contribution in [2.45, 2.75) is 0 Å². The molecule has 0 saturated heterocycles. The van der Waals surface area contributed by atoms with Gasteiger partial charge in [-0.3, -0.25) is 0 Å². The molecule has 3 nitrogen and oxygen atoms in total. The normalized spacial score (nSPS) is 15.6. The van der Waals surface area contributed by atoms with E-state index < -0.39 is 5.97 Å². The Morgan fingerprint density at radius 2 is 1.69 bits per heavy atom. The summed E-state index contributed by atoms with van der Waals surface area (Å²) in [4.78, 5) is 12.5. The molecule has 1 aliphatic rings. The molecule has 0 N–H and O–H groups in total. The van der Waals surface area contributed by atoms with Crippen LogP contribution in [0.3, 0.4) is 0 Å². The Morgan fingerprint density at radius 3 is 2.46 bits per heavy atom. The fraction of sp³-hybridized carbons (Fsp3) is 0.0455. The minimum Gasteiger partial charge on any atom is -0.492 e. The fourth-order valence-electron chi connectivity index (χ4n) is 3.09. The summed E-state index contributed by atoms with van der Waals surface area (Å²) in [6.07, 6.45) is 1.84. The fourth-order valence-corrected chi connectivity index (χ4v) is 3.22. The highest BCUT2D eigenvalue weighted by atomic mass is 35.5. The van der Waals surface area contributed by atoms with Crippen molar-refractivity contribution in [3.8, 4) is 0 Å². The number of esters is 1. The Balaban J connectivity index is 1.85. The molecule has 0 atom stereocenters. The van der Waals surface area contributed by atoms with Crippen LogP contribution in [-0.4, -0.2) is 13.1 Å². The molecule has 0 bridgehead atoms. The van der Waals surface area contributed by atoms with E-state index in [1.807, 2.05) is 48.5 Å². The predicted molar refractivity (Wildman–Crippen MR) is 103 cm³/mol. The molecule has 3 aromatic rings. The van der Waals surface area contributed by atoms with Crippen molar-refractivity contribution >= 4 is 40.0 Å². The van der Waals surface area contributed by atoms with Crippen LogP contribution in [0, 0.1) is 0 Å². The second kappa shape index (κ2) is 6.70. The first kappa shape index (κ1) is 16.4. The van der Waals surface area contributed by atoms with E-state index in [0.717, 1.165) is 16.3 Å². The number of benzene rings is 3. The number of carbonyl (C=O) groups excluding carboxylic acids is 1. The van der Waals surface area contributed by atoms with Crippen LogP contribution in [0.25, 0.3) is 22.4 Å². The van der Waals surface area contributed by atoms with Crippen molar-refractivity contribution in [1.29, 1.82) is 0 Å². The average molecular weight is 363 g/mol. The lowest BCUT2D eigenvalue weighted by molar-refractivity contribution is -0.131. The van der Waals surface area contributed by atoms with Crippen molar-refractivity contribution in [2.75, 3.05) is 7.11 Å². The molecule has 0 amide bonds. The van der Waals surface area contributed by atoms with Crippen LogP contribution in [0.2, 0.25) is 5.02 Å². The van der Waals surface area contributed by atoms with Crippen LogP contribution >= 0.6 is 11.6 Å². The zero-order valence-corrected chi connectivity index (χ0v) is 14.8. The summed E-state index contributed by atoms with van der Waals surface area (Å²) >= 11 is 5.94. The molecule has 0 spiro atoms. The molecular weight excluding hydrogens is 348 g/mol. The van der Waals surface area contributed by atoms with Gasteiger partial charge >= 0.3 is 5.97 Å². The van der Waals surface area contributed by atoms with E-state index in [-0.39, 0.29) is 0 Å². The van der Waals surface area contributed by atoms with E-state index in [1.165, 1.54) is 7.11 Å². The van der Waals surface area contributed by atoms with Gasteiger partial charge in [0.2, 0.25) is 0 Å². The van der Waals surface area contributed by atoms with Crippen LogP contribution < -0.4 is 0 Å². The molecule has 0 aliphatic carbocycles. The first-order chi connectivity index (χ1) is 12.7. The SMILES string of the molecule is COC1=C(c2ccc(Cl)cc2)C(=O)O/C1=C\c1cccc2ccccc12. The van der Waals surface area contributed by atoms with Gasteiger partial charge in [0.05, 0.1) is 7.11 Å². The van der Waals surface area contributed by atoms with Crippen LogP contribution in [0.4, 0.5) is 0 Å². The minimum absolute atomic E-state index is 0.399. The van der Waals surface area contributed by atoms with Gasteiger partial charge in [0.1, 0.15) is 5.57 Å². The van der Waals surface area contributed by atoms with Crippen LogP contribution in [0.15, 0.2) is 78.2 Å². The van der Waals surface area contributed by atoms with Crippen molar-refractivity contribution in [3.63, 3.8) is 0 Å². The lowest BCUT2D eigenvalue weighted by Crippen LogP contribution is -1.98. The second-order valence-electron chi connectivity index (χ2n) is 5.88. The van der Waals surface area contributed by atoms with Crippen molar-refractivity contribution in [1.82, 2.24) is 0 Å². The number of hydrogen-bond donors (Lipinski definition) is 0. The van der Waals surface area contributed by atoms with Gasteiger partial charge in [-0.15, -0.1) is 0 Å². The number of fused-ring (bicyclic) bond motifs is 1. The Hall–Kier alpha value is -3.04. The molecule has 26 heavy (non-hydrogen) atoms. The number of cyclic esters (lactones) is 1. The molecule has 128 valence electrons. The van der Waals surface area contributed by atoms with Crippen molar-refractivity contribution < 1.29 is 14.3 Å². The molecule has 0 saturated carbocycles. The maximum Gasteiger partial charge on any atom is 0.348 e. The summed E-state index contributed by atoms with van der Waals surface area (Å²) in [7, 11) is 1.53. The number of ether oxygens (including phenoxy) is 2. The largest absolute Gasteiger partial charge is 0.492 e. The standard InChI is InChI=1S/C22H15ClO3/c1-25-21-19(13-16-7-4-6-14-5-2-3-8-18(14)16)26-22(24)20(21)15-9-11-17(23)12-10-15/h2-13H,1H3/b19-13-. The topological polar surface area (TPSA) is 35.5 Å². The van der Waals surface area contributed by atoms with Gasteiger partial charge in [0.25, 0.3) is 0 Å². The monoisotopic (exact) mass is 362 g/mol. The third-order valence-electron chi connectivity index (χ3n) is 4.30. The molecule has 0 radical (unpaired) electrons. The zero-order valence-electron chi connectivity index (χ0n) is 14.0. The molecule has 1 heterocycles.